The first-order valence-electron chi connectivity index (χ1n) is 6.43. The van der Waals surface area contributed by atoms with E-state index < -0.39 is 18.0 Å². The van der Waals surface area contributed by atoms with Crippen LogP contribution in [-0.2, 0) is 19.7 Å². The number of esters is 1. The molecule has 1 rings (SSSR count). The topological polar surface area (TPSA) is 78.6 Å². The molecule has 2 N–H and O–H groups in total. The Kier molecular flexibility index (Phi) is 5.13. The molecule has 0 bridgehead atoms. The Labute approximate surface area is 119 Å². The highest BCUT2D eigenvalue weighted by molar-refractivity contribution is 5.82. The molecule has 5 nitrogen and oxygen atoms in total. The SMILES string of the molecule is C[C@H](OC(=O)COc1ccccc1C(C)(C)C)C(N)=O. The molecule has 0 aliphatic carbocycles. The monoisotopic (exact) mass is 279 g/mol. The van der Waals surface area contributed by atoms with Crippen LogP contribution < -0.4 is 10.5 Å². The minimum absolute atomic E-state index is 0.0962. The van der Waals surface area contributed by atoms with E-state index >= 15 is 0 Å². The number of primary amides is 1. The number of hydrogen-bond acceptors (Lipinski definition) is 4. The third kappa shape index (κ3) is 4.57. The van der Waals surface area contributed by atoms with Crippen LogP contribution in [0.2, 0.25) is 0 Å². The van der Waals surface area contributed by atoms with E-state index in [0.29, 0.717) is 5.75 Å². The van der Waals surface area contributed by atoms with Gasteiger partial charge < -0.3 is 15.2 Å². The molecule has 0 heterocycles. The van der Waals surface area contributed by atoms with Gasteiger partial charge in [0.25, 0.3) is 5.91 Å². The number of rotatable bonds is 5. The fraction of sp³-hybridized carbons (Fsp3) is 0.467. The molecular formula is C15H21NO4. The molecule has 0 spiro atoms. The number of ether oxygens (including phenoxy) is 2. The lowest BCUT2D eigenvalue weighted by Gasteiger charge is -2.22. The number of carbonyl (C=O) groups excluding carboxylic acids is 2. The van der Waals surface area contributed by atoms with Crippen molar-refractivity contribution < 1.29 is 19.1 Å². The molecule has 0 saturated carbocycles. The van der Waals surface area contributed by atoms with E-state index in [2.05, 4.69) is 20.8 Å². The Bertz CT molecular complexity index is 491. The van der Waals surface area contributed by atoms with Crippen LogP contribution in [0.5, 0.6) is 5.75 Å². The minimum Gasteiger partial charge on any atom is -0.482 e. The van der Waals surface area contributed by atoms with Gasteiger partial charge in [0, 0.05) is 0 Å². The lowest BCUT2D eigenvalue weighted by atomic mass is 9.86. The molecule has 0 fully saturated rings. The van der Waals surface area contributed by atoms with E-state index in [-0.39, 0.29) is 12.0 Å². The van der Waals surface area contributed by atoms with Gasteiger partial charge in [-0.1, -0.05) is 39.0 Å². The summed E-state index contributed by atoms with van der Waals surface area (Å²) in [5.41, 5.74) is 5.92. The summed E-state index contributed by atoms with van der Waals surface area (Å²) < 4.78 is 10.3. The second-order valence-corrected chi connectivity index (χ2v) is 5.57. The van der Waals surface area contributed by atoms with Gasteiger partial charge in [-0.3, -0.25) is 4.79 Å². The summed E-state index contributed by atoms with van der Waals surface area (Å²) in [5, 5.41) is 0. The zero-order valence-electron chi connectivity index (χ0n) is 12.3. The van der Waals surface area contributed by atoms with Crippen molar-refractivity contribution in [1.29, 1.82) is 0 Å². The van der Waals surface area contributed by atoms with Crippen LogP contribution in [0, 0.1) is 0 Å². The van der Waals surface area contributed by atoms with Crippen LogP contribution >= 0.6 is 0 Å². The number of hydrogen-bond donors (Lipinski definition) is 1. The van der Waals surface area contributed by atoms with Gasteiger partial charge in [0.2, 0.25) is 0 Å². The van der Waals surface area contributed by atoms with Crippen molar-refractivity contribution in [2.45, 2.75) is 39.2 Å². The average molecular weight is 279 g/mol. The van der Waals surface area contributed by atoms with Gasteiger partial charge in [0.1, 0.15) is 5.75 Å². The van der Waals surface area contributed by atoms with E-state index in [1.54, 1.807) is 6.07 Å². The van der Waals surface area contributed by atoms with E-state index in [0.717, 1.165) is 5.56 Å². The first kappa shape index (κ1) is 16.0. The van der Waals surface area contributed by atoms with E-state index in [1.165, 1.54) is 6.92 Å². The summed E-state index contributed by atoms with van der Waals surface area (Å²) in [5.74, 6) is -0.683. The third-order valence-corrected chi connectivity index (χ3v) is 2.75. The number of para-hydroxylation sites is 1. The third-order valence-electron chi connectivity index (χ3n) is 2.75. The standard InChI is InChI=1S/C15H21NO4/c1-10(14(16)18)20-13(17)9-19-12-8-6-5-7-11(12)15(2,3)4/h5-8,10H,9H2,1-4H3,(H2,16,18)/t10-/m0/s1. The molecule has 0 aliphatic rings. The average Bonchev–Trinajstić information content (AvgIpc) is 2.35. The van der Waals surface area contributed by atoms with Gasteiger partial charge in [-0.15, -0.1) is 0 Å². The maximum absolute atomic E-state index is 11.5. The fourth-order valence-corrected chi connectivity index (χ4v) is 1.64. The maximum Gasteiger partial charge on any atom is 0.344 e. The van der Waals surface area contributed by atoms with E-state index in [4.69, 9.17) is 15.2 Å². The van der Waals surface area contributed by atoms with Gasteiger partial charge in [-0.25, -0.2) is 4.79 Å². The van der Waals surface area contributed by atoms with Crippen LogP contribution in [0.15, 0.2) is 24.3 Å². The molecule has 0 aliphatic heterocycles. The van der Waals surface area contributed by atoms with Crippen molar-refractivity contribution in [2.24, 2.45) is 5.73 Å². The summed E-state index contributed by atoms with van der Waals surface area (Å²) >= 11 is 0. The maximum atomic E-state index is 11.5. The zero-order chi connectivity index (χ0) is 15.3. The summed E-state index contributed by atoms with van der Waals surface area (Å²) in [6.45, 7) is 7.34. The molecule has 1 aromatic rings. The van der Waals surface area contributed by atoms with Gasteiger partial charge >= 0.3 is 5.97 Å². The van der Waals surface area contributed by atoms with E-state index in [9.17, 15) is 9.59 Å². The molecule has 0 aromatic heterocycles. The van der Waals surface area contributed by atoms with Crippen molar-refractivity contribution in [3.63, 3.8) is 0 Å². The highest BCUT2D eigenvalue weighted by Crippen LogP contribution is 2.30. The van der Waals surface area contributed by atoms with E-state index in [1.807, 2.05) is 18.2 Å². The first-order chi connectivity index (χ1) is 9.21. The second-order valence-electron chi connectivity index (χ2n) is 5.57. The predicted octanol–water partition coefficient (Wildman–Crippen LogP) is 1.78. The van der Waals surface area contributed by atoms with Crippen molar-refractivity contribution in [3.8, 4) is 5.75 Å². The Hall–Kier alpha value is -2.04. The largest absolute Gasteiger partial charge is 0.482 e. The van der Waals surface area contributed by atoms with Crippen molar-refractivity contribution in [3.05, 3.63) is 29.8 Å². The van der Waals surface area contributed by atoms with Crippen molar-refractivity contribution >= 4 is 11.9 Å². The van der Waals surface area contributed by atoms with Crippen LogP contribution in [0.1, 0.15) is 33.3 Å². The number of carbonyl (C=O) groups is 2. The Balaban J connectivity index is 2.67. The quantitative estimate of drug-likeness (QED) is 0.833. The molecule has 5 heteroatoms. The Morgan fingerprint density at radius 1 is 1.25 bits per heavy atom. The number of benzene rings is 1. The summed E-state index contributed by atoms with van der Waals surface area (Å²) in [6.07, 6.45) is -0.955. The molecule has 20 heavy (non-hydrogen) atoms. The molecule has 0 saturated heterocycles. The van der Waals surface area contributed by atoms with Gasteiger partial charge in [-0.2, -0.15) is 0 Å². The normalized spacial score (nSPS) is 12.6. The number of amides is 1. The van der Waals surface area contributed by atoms with Crippen molar-refractivity contribution in [1.82, 2.24) is 0 Å². The Morgan fingerprint density at radius 3 is 2.40 bits per heavy atom. The first-order valence-corrected chi connectivity index (χ1v) is 6.43. The smallest absolute Gasteiger partial charge is 0.344 e. The van der Waals surface area contributed by atoms with Crippen molar-refractivity contribution in [2.75, 3.05) is 6.61 Å². The summed E-state index contributed by atoms with van der Waals surface area (Å²) in [7, 11) is 0. The zero-order valence-corrected chi connectivity index (χ0v) is 12.3. The van der Waals surface area contributed by atoms with Crippen LogP contribution in [0.4, 0.5) is 0 Å². The lowest BCUT2D eigenvalue weighted by molar-refractivity contribution is -0.155. The van der Waals surface area contributed by atoms with Crippen LogP contribution in [0.25, 0.3) is 0 Å². The summed E-state index contributed by atoms with van der Waals surface area (Å²) in [6, 6.07) is 7.50. The minimum atomic E-state index is -0.955. The van der Waals surface area contributed by atoms with Gasteiger partial charge in [0.15, 0.2) is 12.7 Å². The Morgan fingerprint density at radius 2 is 1.85 bits per heavy atom. The van der Waals surface area contributed by atoms with Crippen LogP contribution in [0.3, 0.4) is 0 Å². The summed E-state index contributed by atoms with van der Waals surface area (Å²) in [4.78, 5) is 22.3. The molecule has 0 radical (unpaired) electrons. The fourth-order valence-electron chi connectivity index (χ4n) is 1.64. The van der Waals surface area contributed by atoms with Gasteiger partial charge in [-0.05, 0) is 24.0 Å². The molecule has 1 amide bonds. The van der Waals surface area contributed by atoms with Gasteiger partial charge in [0.05, 0.1) is 0 Å². The molecule has 1 atom stereocenters. The highest BCUT2D eigenvalue weighted by atomic mass is 16.6. The second kappa shape index (κ2) is 6.41. The molecule has 110 valence electrons. The molecular weight excluding hydrogens is 258 g/mol. The molecule has 0 unspecified atom stereocenters. The van der Waals surface area contributed by atoms with Crippen LogP contribution in [-0.4, -0.2) is 24.6 Å². The lowest BCUT2D eigenvalue weighted by Crippen LogP contribution is -2.32. The predicted molar refractivity (Wildman–Crippen MR) is 75.4 cm³/mol. The highest BCUT2D eigenvalue weighted by Gasteiger charge is 2.20. The number of nitrogens with two attached hydrogens (primary N) is 1. The molecule has 1 aromatic carbocycles.